The summed E-state index contributed by atoms with van der Waals surface area (Å²) < 4.78 is 0. The molecule has 0 spiro atoms. The molecule has 4 nitrogen and oxygen atoms in total. The van der Waals surface area contributed by atoms with Crippen molar-refractivity contribution < 1.29 is 4.79 Å². The molecule has 1 saturated heterocycles. The Morgan fingerprint density at radius 3 is 2.45 bits per heavy atom. The fraction of sp³-hybridized carbons (Fsp3) is 0.667. The minimum absolute atomic E-state index is 0.371. The molecule has 1 aromatic heterocycles. The van der Waals surface area contributed by atoms with Crippen LogP contribution in [0, 0.1) is 5.92 Å². The van der Waals surface area contributed by atoms with Crippen molar-refractivity contribution in [1.82, 2.24) is 14.8 Å². The van der Waals surface area contributed by atoms with Crippen LogP contribution in [0.1, 0.15) is 44.1 Å². The lowest BCUT2D eigenvalue weighted by molar-refractivity contribution is -0.133. The Morgan fingerprint density at radius 2 is 1.77 bits per heavy atom. The van der Waals surface area contributed by atoms with E-state index < -0.39 is 0 Å². The van der Waals surface area contributed by atoms with E-state index in [1.807, 2.05) is 12.4 Å². The van der Waals surface area contributed by atoms with Gasteiger partial charge in [0.2, 0.25) is 5.91 Å². The SMILES string of the molecule is O=C(CCC1CCCC1)N1CCN(Cc2ccncc2)CC1. The molecule has 1 saturated carbocycles. The highest BCUT2D eigenvalue weighted by molar-refractivity contribution is 5.76. The molecule has 1 amide bonds. The van der Waals surface area contributed by atoms with E-state index in [1.54, 1.807) is 0 Å². The van der Waals surface area contributed by atoms with Crippen molar-refractivity contribution in [2.75, 3.05) is 26.2 Å². The molecular formula is C18H27N3O. The number of piperazine rings is 1. The van der Waals surface area contributed by atoms with Crippen molar-refractivity contribution in [2.45, 2.75) is 45.1 Å². The molecule has 0 radical (unpaired) electrons. The molecule has 22 heavy (non-hydrogen) atoms. The Kier molecular flexibility index (Phi) is 5.43. The molecule has 0 aromatic carbocycles. The van der Waals surface area contributed by atoms with Gasteiger partial charge in [-0.2, -0.15) is 0 Å². The van der Waals surface area contributed by atoms with Gasteiger partial charge in [0, 0.05) is 51.5 Å². The number of hydrogen-bond acceptors (Lipinski definition) is 3. The molecular weight excluding hydrogens is 274 g/mol. The van der Waals surface area contributed by atoms with E-state index in [0.29, 0.717) is 5.91 Å². The summed E-state index contributed by atoms with van der Waals surface area (Å²) in [5.74, 6) is 1.19. The third-order valence-electron chi connectivity index (χ3n) is 5.12. The Labute approximate surface area is 133 Å². The maximum absolute atomic E-state index is 12.3. The monoisotopic (exact) mass is 301 g/mol. The molecule has 0 bridgehead atoms. The maximum atomic E-state index is 12.3. The fourth-order valence-electron chi connectivity index (χ4n) is 3.69. The van der Waals surface area contributed by atoms with E-state index in [9.17, 15) is 4.79 Å². The predicted octanol–water partition coefficient (Wildman–Crippen LogP) is 2.70. The Morgan fingerprint density at radius 1 is 1.09 bits per heavy atom. The average Bonchev–Trinajstić information content (AvgIpc) is 3.08. The Bertz CT molecular complexity index is 462. The number of amides is 1. The summed E-state index contributed by atoms with van der Waals surface area (Å²) in [4.78, 5) is 20.9. The lowest BCUT2D eigenvalue weighted by atomic mass is 10.0. The summed E-state index contributed by atoms with van der Waals surface area (Å²) in [7, 11) is 0. The van der Waals surface area contributed by atoms with Crippen LogP contribution in [0.15, 0.2) is 24.5 Å². The van der Waals surface area contributed by atoms with Crippen LogP contribution in [0.25, 0.3) is 0 Å². The topological polar surface area (TPSA) is 36.4 Å². The number of pyridine rings is 1. The van der Waals surface area contributed by atoms with Crippen LogP contribution in [0.2, 0.25) is 0 Å². The van der Waals surface area contributed by atoms with Crippen molar-refractivity contribution >= 4 is 5.91 Å². The molecule has 1 aromatic rings. The lowest BCUT2D eigenvalue weighted by Gasteiger charge is -2.35. The summed E-state index contributed by atoms with van der Waals surface area (Å²) in [6, 6.07) is 4.14. The van der Waals surface area contributed by atoms with Gasteiger partial charge < -0.3 is 4.90 Å². The highest BCUT2D eigenvalue weighted by atomic mass is 16.2. The number of nitrogens with zero attached hydrogens (tertiary/aromatic N) is 3. The van der Waals surface area contributed by atoms with E-state index in [2.05, 4.69) is 26.9 Å². The van der Waals surface area contributed by atoms with Crippen LogP contribution in [-0.4, -0.2) is 46.9 Å². The largest absolute Gasteiger partial charge is 0.340 e. The molecule has 1 aliphatic carbocycles. The van der Waals surface area contributed by atoms with Crippen LogP contribution >= 0.6 is 0 Å². The zero-order chi connectivity index (χ0) is 15.2. The van der Waals surface area contributed by atoms with Crippen LogP contribution in [0.5, 0.6) is 0 Å². The second-order valence-electron chi connectivity index (χ2n) is 6.70. The van der Waals surface area contributed by atoms with Gasteiger partial charge in [-0.05, 0) is 30.0 Å². The van der Waals surface area contributed by atoms with E-state index >= 15 is 0 Å². The second-order valence-corrected chi connectivity index (χ2v) is 6.70. The van der Waals surface area contributed by atoms with Gasteiger partial charge in [0.25, 0.3) is 0 Å². The normalized spacial score (nSPS) is 20.5. The van der Waals surface area contributed by atoms with Crippen LogP contribution in [0.4, 0.5) is 0 Å². The van der Waals surface area contributed by atoms with Gasteiger partial charge in [0.1, 0.15) is 0 Å². The number of rotatable bonds is 5. The quantitative estimate of drug-likeness (QED) is 0.839. The zero-order valence-corrected chi connectivity index (χ0v) is 13.4. The molecule has 2 aliphatic rings. The van der Waals surface area contributed by atoms with Gasteiger partial charge in [-0.25, -0.2) is 0 Å². The first kappa shape index (κ1) is 15.5. The van der Waals surface area contributed by atoms with Crippen LogP contribution in [-0.2, 0) is 11.3 Å². The van der Waals surface area contributed by atoms with Crippen molar-refractivity contribution in [3.63, 3.8) is 0 Å². The van der Waals surface area contributed by atoms with E-state index in [1.165, 1.54) is 31.2 Å². The summed E-state index contributed by atoms with van der Waals surface area (Å²) in [5.41, 5.74) is 1.30. The van der Waals surface area contributed by atoms with Gasteiger partial charge >= 0.3 is 0 Å². The van der Waals surface area contributed by atoms with Crippen molar-refractivity contribution in [3.8, 4) is 0 Å². The predicted molar refractivity (Wildman–Crippen MR) is 87.3 cm³/mol. The first-order valence-electron chi connectivity index (χ1n) is 8.70. The van der Waals surface area contributed by atoms with Gasteiger partial charge in [0.05, 0.1) is 0 Å². The summed E-state index contributed by atoms with van der Waals surface area (Å²) in [6.45, 7) is 4.70. The molecule has 3 rings (SSSR count). The summed E-state index contributed by atoms with van der Waals surface area (Å²) >= 11 is 0. The first-order valence-corrected chi connectivity index (χ1v) is 8.70. The van der Waals surface area contributed by atoms with Crippen molar-refractivity contribution in [1.29, 1.82) is 0 Å². The van der Waals surface area contributed by atoms with Gasteiger partial charge in [-0.1, -0.05) is 25.7 Å². The number of carbonyl (C=O) groups excluding carboxylic acids is 1. The average molecular weight is 301 g/mol. The van der Waals surface area contributed by atoms with Gasteiger partial charge in [0.15, 0.2) is 0 Å². The first-order chi connectivity index (χ1) is 10.8. The molecule has 4 heteroatoms. The molecule has 2 fully saturated rings. The maximum Gasteiger partial charge on any atom is 0.222 e. The summed E-state index contributed by atoms with van der Waals surface area (Å²) in [5, 5.41) is 0. The lowest BCUT2D eigenvalue weighted by Crippen LogP contribution is -2.48. The van der Waals surface area contributed by atoms with E-state index in [-0.39, 0.29) is 0 Å². The minimum Gasteiger partial charge on any atom is -0.340 e. The number of hydrogen-bond donors (Lipinski definition) is 0. The minimum atomic E-state index is 0.371. The van der Waals surface area contributed by atoms with Crippen molar-refractivity contribution in [3.05, 3.63) is 30.1 Å². The van der Waals surface area contributed by atoms with Crippen LogP contribution < -0.4 is 0 Å². The molecule has 0 N–H and O–H groups in total. The number of carbonyl (C=O) groups is 1. The van der Waals surface area contributed by atoms with Gasteiger partial charge in [-0.3, -0.25) is 14.7 Å². The van der Waals surface area contributed by atoms with Crippen LogP contribution in [0.3, 0.4) is 0 Å². The van der Waals surface area contributed by atoms with Gasteiger partial charge in [-0.15, -0.1) is 0 Å². The zero-order valence-electron chi connectivity index (χ0n) is 13.4. The van der Waals surface area contributed by atoms with E-state index in [4.69, 9.17) is 0 Å². The molecule has 0 unspecified atom stereocenters. The second kappa shape index (κ2) is 7.73. The summed E-state index contributed by atoms with van der Waals surface area (Å²) in [6.07, 6.45) is 11.0. The highest BCUT2D eigenvalue weighted by Crippen LogP contribution is 2.28. The number of aromatic nitrogens is 1. The smallest absolute Gasteiger partial charge is 0.222 e. The third kappa shape index (κ3) is 4.29. The molecule has 0 atom stereocenters. The standard InChI is InChI=1S/C18H27N3O/c22-18(6-5-16-3-1-2-4-16)21-13-11-20(12-14-21)15-17-7-9-19-10-8-17/h7-10,16H,1-6,11-15H2. The molecule has 120 valence electrons. The van der Waals surface area contributed by atoms with Crippen molar-refractivity contribution in [2.24, 2.45) is 5.92 Å². The molecule has 2 heterocycles. The third-order valence-corrected chi connectivity index (χ3v) is 5.12. The fourth-order valence-corrected chi connectivity index (χ4v) is 3.69. The Hall–Kier alpha value is -1.42. The van der Waals surface area contributed by atoms with E-state index in [0.717, 1.165) is 51.5 Å². The molecule has 1 aliphatic heterocycles. The Balaban J connectivity index is 1.38. The highest BCUT2D eigenvalue weighted by Gasteiger charge is 2.22.